The molecule has 0 bridgehead atoms. The second-order valence-electron chi connectivity index (χ2n) is 10.6. The van der Waals surface area contributed by atoms with Gasteiger partial charge in [0.2, 0.25) is 0 Å². The van der Waals surface area contributed by atoms with Crippen LogP contribution in [0.15, 0.2) is 121 Å². The third-order valence-corrected chi connectivity index (χ3v) is 20.0. The molecule has 0 unspecified atom stereocenters. The summed E-state index contributed by atoms with van der Waals surface area (Å²) in [6, 6.07) is 45.2. The quantitative estimate of drug-likeness (QED) is 0.181. The summed E-state index contributed by atoms with van der Waals surface area (Å²) >= 11 is -3.46. The van der Waals surface area contributed by atoms with E-state index in [4.69, 9.17) is 4.74 Å². The first-order chi connectivity index (χ1) is 19.9. The van der Waals surface area contributed by atoms with Gasteiger partial charge < -0.3 is 0 Å². The molecule has 40 heavy (non-hydrogen) atoms. The van der Waals surface area contributed by atoms with Gasteiger partial charge in [0.05, 0.1) is 0 Å². The van der Waals surface area contributed by atoms with Gasteiger partial charge in [0, 0.05) is 0 Å². The van der Waals surface area contributed by atoms with Crippen molar-refractivity contribution in [2.24, 2.45) is 0 Å². The molecule has 190 valence electrons. The Labute approximate surface area is 232 Å². The van der Waals surface area contributed by atoms with Gasteiger partial charge in [-0.15, -0.1) is 0 Å². The molecule has 3 nitrogen and oxygen atoms in total. The fraction of sp³-hybridized carbons (Fsp3) is 0. The van der Waals surface area contributed by atoms with E-state index in [2.05, 4.69) is 130 Å². The molecule has 0 N–H and O–H groups in total. The van der Waals surface area contributed by atoms with Crippen molar-refractivity contribution in [3.8, 4) is 22.9 Å². The van der Waals surface area contributed by atoms with Crippen LogP contribution in [0.2, 0.25) is 0 Å². The topological polar surface area (TPSA) is 19.1 Å². The minimum atomic E-state index is -3.46. The van der Waals surface area contributed by atoms with Gasteiger partial charge >= 0.3 is 234 Å². The van der Waals surface area contributed by atoms with Crippen molar-refractivity contribution in [3.05, 3.63) is 121 Å². The number of benzene rings is 6. The Balaban J connectivity index is 1.51. The second kappa shape index (κ2) is 6.58. The molecule has 11 rings (SSSR count). The molecule has 4 heteroatoms. The molecule has 5 heterocycles. The average molecular weight is 692 g/mol. The van der Waals surface area contributed by atoms with E-state index in [1.165, 1.54) is 70.8 Å². The van der Waals surface area contributed by atoms with E-state index in [0.29, 0.717) is 0 Å². The van der Waals surface area contributed by atoms with Crippen molar-refractivity contribution < 1.29 is 20.8 Å². The molecule has 8 aromatic rings. The summed E-state index contributed by atoms with van der Waals surface area (Å²) in [7, 11) is 0. The van der Waals surface area contributed by atoms with E-state index in [1.807, 2.05) is 0 Å². The van der Waals surface area contributed by atoms with E-state index in [-0.39, 0.29) is 0 Å². The fourth-order valence-corrected chi connectivity index (χ4v) is 20.2. The van der Waals surface area contributed by atoms with Gasteiger partial charge in [-0.05, 0) is 0 Å². The summed E-state index contributed by atoms with van der Waals surface area (Å²) in [5.41, 5.74) is 7.82. The minimum absolute atomic E-state index is 1.02. The number of nitrogens with zero attached hydrogens (tertiary/aromatic N) is 2. The zero-order valence-electron chi connectivity index (χ0n) is 21.2. The zero-order valence-corrected chi connectivity index (χ0v) is 23.4. The van der Waals surface area contributed by atoms with E-state index < -0.39 is 16.1 Å². The van der Waals surface area contributed by atoms with Crippen LogP contribution in [-0.2, 0) is 16.1 Å². The Kier molecular flexibility index (Phi) is 3.34. The van der Waals surface area contributed by atoms with Crippen LogP contribution in [0.5, 0.6) is 11.5 Å². The molecule has 0 amide bonds. The monoisotopic (exact) mass is 691 g/mol. The van der Waals surface area contributed by atoms with Gasteiger partial charge in [0.25, 0.3) is 0 Å². The van der Waals surface area contributed by atoms with Crippen LogP contribution in [0.25, 0.3) is 55.0 Å². The first kappa shape index (κ1) is 20.3. The Morgan fingerprint density at radius 1 is 0.425 bits per heavy atom. The molecule has 0 fully saturated rings. The maximum atomic E-state index is 6.95. The summed E-state index contributed by atoms with van der Waals surface area (Å²) in [6.45, 7) is 0. The number of hydrogen-bond donors (Lipinski definition) is 0. The predicted molar refractivity (Wildman–Crippen MR) is 160 cm³/mol. The molecule has 0 radical (unpaired) electrons. The van der Waals surface area contributed by atoms with Crippen LogP contribution < -0.4 is 20.5 Å². The molecular weight excluding hydrogens is 671 g/mol. The SMILES string of the molecule is c1cc[c]2c(c1)-n1c3ccccc3c3ccc4[c](c31)[Pt]21[c]2ccccc2-n2c3ccccc3c3ccc([c]1c32)O4. The molecule has 1 spiro atoms. The third-order valence-electron chi connectivity index (χ3n) is 8.76. The van der Waals surface area contributed by atoms with Gasteiger partial charge in [-0.1, -0.05) is 0 Å². The summed E-state index contributed by atoms with van der Waals surface area (Å²) in [5, 5.41) is 5.23. The summed E-state index contributed by atoms with van der Waals surface area (Å²) in [5.74, 6) is 2.04. The molecule has 2 aromatic heterocycles. The van der Waals surface area contributed by atoms with Crippen molar-refractivity contribution in [2.45, 2.75) is 0 Å². The van der Waals surface area contributed by atoms with E-state index in [0.717, 1.165) is 11.5 Å². The molecule has 6 aromatic carbocycles. The number of ether oxygens (including phenoxy) is 1. The Hall–Kier alpha value is -4.59. The van der Waals surface area contributed by atoms with E-state index in [1.54, 1.807) is 0 Å². The first-order valence-corrected chi connectivity index (χ1v) is 18.1. The average Bonchev–Trinajstić information content (AvgIpc) is 3.54. The Bertz CT molecular complexity index is 2310. The number of hydrogen-bond acceptors (Lipinski definition) is 1. The third kappa shape index (κ3) is 1.97. The number of aromatic nitrogens is 2. The van der Waals surface area contributed by atoms with Crippen LogP contribution in [-0.4, -0.2) is 9.13 Å². The Morgan fingerprint density at radius 2 is 0.875 bits per heavy atom. The molecule has 0 saturated heterocycles. The van der Waals surface area contributed by atoms with Crippen LogP contribution in [0.3, 0.4) is 0 Å². The summed E-state index contributed by atoms with van der Waals surface area (Å²) in [4.78, 5) is 0. The van der Waals surface area contributed by atoms with Gasteiger partial charge in [-0.3, -0.25) is 0 Å². The maximum absolute atomic E-state index is 6.95. The van der Waals surface area contributed by atoms with Crippen LogP contribution in [0, 0.1) is 0 Å². The Morgan fingerprint density at radius 3 is 1.40 bits per heavy atom. The van der Waals surface area contributed by atoms with Gasteiger partial charge in [0.1, 0.15) is 0 Å². The first-order valence-electron chi connectivity index (χ1n) is 13.5. The molecule has 0 saturated carbocycles. The number of rotatable bonds is 0. The summed E-state index contributed by atoms with van der Waals surface area (Å²) < 4.78 is 17.8. The van der Waals surface area contributed by atoms with Gasteiger partial charge in [-0.25, -0.2) is 0 Å². The second-order valence-corrected chi connectivity index (χ2v) is 18.7. The molecular formula is C36H20N2OPt. The predicted octanol–water partition coefficient (Wildman–Crippen LogP) is 6.37. The van der Waals surface area contributed by atoms with Gasteiger partial charge in [-0.2, -0.15) is 0 Å². The number of para-hydroxylation sites is 4. The normalized spacial score (nSPS) is 15.7. The molecule has 0 aliphatic carbocycles. The molecule has 3 aliphatic heterocycles. The zero-order chi connectivity index (χ0) is 25.7. The van der Waals surface area contributed by atoms with Crippen LogP contribution in [0.1, 0.15) is 0 Å². The van der Waals surface area contributed by atoms with Crippen molar-refractivity contribution >= 4 is 59.4 Å². The molecule has 0 atom stereocenters. The standard InChI is InChI=1S/C36H20N2O.Pt/c1-3-11-25(12-4-1)37-33-17-9-7-15-29(33)31-21-19-27(23-35(31)37)39-28-20-22-32-30-16-8-10-18-34(30)38(36(32)24-28)26-13-5-2-6-14-26;/h1-11,13,15-22H;. The van der Waals surface area contributed by atoms with Crippen molar-refractivity contribution in [3.63, 3.8) is 0 Å². The molecule has 3 aliphatic rings. The van der Waals surface area contributed by atoms with Crippen molar-refractivity contribution in [1.82, 2.24) is 9.13 Å². The summed E-state index contributed by atoms with van der Waals surface area (Å²) in [6.07, 6.45) is 0. The van der Waals surface area contributed by atoms with Gasteiger partial charge in [0.15, 0.2) is 0 Å². The number of fused-ring (bicyclic) bond motifs is 10. The fourth-order valence-electron chi connectivity index (χ4n) is 7.33. The van der Waals surface area contributed by atoms with Crippen molar-refractivity contribution in [1.29, 1.82) is 0 Å². The van der Waals surface area contributed by atoms with Crippen LogP contribution >= 0.6 is 0 Å². The van der Waals surface area contributed by atoms with E-state index in [9.17, 15) is 0 Å². The van der Waals surface area contributed by atoms with Crippen LogP contribution in [0.4, 0.5) is 0 Å². The van der Waals surface area contributed by atoms with Crippen molar-refractivity contribution in [2.75, 3.05) is 0 Å². The van der Waals surface area contributed by atoms with E-state index >= 15 is 0 Å².